The van der Waals surface area contributed by atoms with Crippen LogP contribution in [0.4, 0.5) is 0 Å². The van der Waals surface area contributed by atoms with Gasteiger partial charge in [0.15, 0.2) is 0 Å². The molecule has 3 aromatic carbocycles. The van der Waals surface area contributed by atoms with Crippen LogP contribution >= 0.6 is 23.2 Å². The van der Waals surface area contributed by atoms with E-state index < -0.39 is 5.97 Å². The second-order valence-corrected chi connectivity index (χ2v) is 8.70. The molecule has 0 aliphatic heterocycles. The van der Waals surface area contributed by atoms with Crippen molar-refractivity contribution in [1.82, 2.24) is 9.55 Å². The van der Waals surface area contributed by atoms with Gasteiger partial charge in [0.2, 0.25) is 0 Å². The van der Waals surface area contributed by atoms with Gasteiger partial charge in [-0.15, -0.1) is 0 Å². The van der Waals surface area contributed by atoms with Gasteiger partial charge in [-0.3, -0.25) is 4.79 Å². The highest BCUT2D eigenvalue weighted by Gasteiger charge is 2.13. The molecular weight excluding hydrogens is 491 g/mol. The average Bonchev–Trinajstić information content (AvgIpc) is 3.16. The molecule has 0 amide bonds. The number of imidazole rings is 1. The maximum Gasteiger partial charge on any atom is 0.303 e. The van der Waals surface area contributed by atoms with Crippen molar-refractivity contribution >= 4 is 40.2 Å². The van der Waals surface area contributed by atoms with Crippen molar-refractivity contribution in [3.05, 3.63) is 81.6 Å². The molecule has 1 heterocycles. The van der Waals surface area contributed by atoms with Gasteiger partial charge >= 0.3 is 5.97 Å². The number of aliphatic carboxylic acids is 1. The van der Waals surface area contributed by atoms with E-state index in [1.165, 1.54) is 0 Å². The predicted molar refractivity (Wildman–Crippen MR) is 135 cm³/mol. The Morgan fingerprint density at radius 3 is 2.46 bits per heavy atom. The normalized spacial score (nSPS) is 11.0. The first-order valence-electron chi connectivity index (χ1n) is 10.9. The number of aromatic nitrogens is 2. The highest BCUT2D eigenvalue weighted by Crippen LogP contribution is 2.31. The van der Waals surface area contributed by atoms with Crippen molar-refractivity contribution in [2.45, 2.75) is 26.1 Å². The molecule has 1 aromatic heterocycles. The molecule has 182 valence electrons. The summed E-state index contributed by atoms with van der Waals surface area (Å²) in [5.41, 5.74) is 3.18. The summed E-state index contributed by atoms with van der Waals surface area (Å²) in [6.45, 7) is 0.367. The van der Waals surface area contributed by atoms with E-state index in [1.807, 2.05) is 35.9 Å². The number of ether oxygens (including phenoxy) is 3. The van der Waals surface area contributed by atoms with E-state index in [9.17, 15) is 4.79 Å². The minimum absolute atomic E-state index is 0.0211. The molecule has 0 bridgehead atoms. The zero-order valence-corrected chi connectivity index (χ0v) is 20.8. The molecule has 0 aliphatic carbocycles. The number of hydrogen-bond donors (Lipinski definition) is 1. The van der Waals surface area contributed by atoms with E-state index in [4.69, 9.17) is 42.5 Å². The summed E-state index contributed by atoms with van der Waals surface area (Å²) >= 11 is 12.5. The summed E-state index contributed by atoms with van der Waals surface area (Å²) in [4.78, 5) is 15.8. The number of aryl methyl sites for hydroxylation is 2. The molecule has 35 heavy (non-hydrogen) atoms. The second kappa shape index (κ2) is 10.9. The van der Waals surface area contributed by atoms with Crippen LogP contribution in [0.5, 0.6) is 17.2 Å². The number of nitrogens with zero attached hydrogens (tertiary/aromatic N) is 2. The van der Waals surface area contributed by atoms with Gasteiger partial charge < -0.3 is 23.9 Å². The van der Waals surface area contributed by atoms with Crippen LogP contribution in [0, 0.1) is 0 Å². The molecule has 0 atom stereocenters. The monoisotopic (exact) mass is 514 g/mol. The largest absolute Gasteiger partial charge is 0.497 e. The number of hydrogen-bond acceptors (Lipinski definition) is 5. The third-order valence-electron chi connectivity index (χ3n) is 5.63. The number of fused-ring (bicyclic) bond motifs is 1. The summed E-state index contributed by atoms with van der Waals surface area (Å²) in [6.07, 6.45) is 0.292. The fraction of sp³-hybridized carbons (Fsp3) is 0.231. The van der Waals surface area contributed by atoms with Crippen LogP contribution in [0.3, 0.4) is 0 Å². The first-order chi connectivity index (χ1) is 16.9. The SMILES string of the molecule is COc1ccc2nc(COc3ccc(CCC(=O)O)c(OCc4c(Cl)cccc4Cl)c3)n(C)c2c1. The van der Waals surface area contributed by atoms with Crippen molar-refractivity contribution < 1.29 is 24.1 Å². The van der Waals surface area contributed by atoms with E-state index >= 15 is 0 Å². The van der Waals surface area contributed by atoms with Crippen LogP contribution in [0.1, 0.15) is 23.4 Å². The smallest absolute Gasteiger partial charge is 0.303 e. The molecule has 0 saturated carbocycles. The highest BCUT2D eigenvalue weighted by molar-refractivity contribution is 6.35. The number of benzene rings is 3. The third-order valence-corrected chi connectivity index (χ3v) is 6.34. The van der Waals surface area contributed by atoms with Crippen LogP contribution in [0.25, 0.3) is 11.0 Å². The van der Waals surface area contributed by atoms with Crippen molar-refractivity contribution in [3.63, 3.8) is 0 Å². The molecular formula is C26H24Cl2N2O5. The lowest BCUT2D eigenvalue weighted by atomic mass is 10.1. The van der Waals surface area contributed by atoms with Gasteiger partial charge in [-0.25, -0.2) is 4.98 Å². The Balaban J connectivity index is 1.54. The summed E-state index contributed by atoms with van der Waals surface area (Å²) in [7, 11) is 3.55. The fourth-order valence-corrected chi connectivity index (χ4v) is 4.16. The minimum Gasteiger partial charge on any atom is -0.497 e. The molecule has 0 aliphatic rings. The molecule has 4 aromatic rings. The topological polar surface area (TPSA) is 82.8 Å². The summed E-state index contributed by atoms with van der Waals surface area (Å²) in [5.74, 6) is 1.69. The first kappa shape index (κ1) is 24.7. The van der Waals surface area contributed by atoms with Crippen LogP contribution < -0.4 is 14.2 Å². The number of carboxylic acid groups (broad SMARTS) is 1. The molecule has 0 fully saturated rings. The van der Waals surface area contributed by atoms with Gasteiger partial charge in [-0.2, -0.15) is 0 Å². The van der Waals surface area contributed by atoms with Crippen LogP contribution in [0.2, 0.25) is 10.0 Å². The van der Waals surface area contributed by atoms with Crippen molar-refractivity contribution in [3.8, 4) is 17.2 Å². The average molecular weight is 515 g/mol. The molecule has 0 unspecified atom stereocenters. The molecule has 1 N–H and O–H groups in total. The third kappa shape index (κ3) is 5.81. The van der Waals surface area contributed by atoms with Crippen molar-refractivity contribution in [1.29, 1.82) is 0 Å². The van der Waals surface area contributed by atoms with Gasteiger partial charge in [0, 0.05) is 41.2 Å². The van der Waals surface area contributed by atoms with Crippen molar-refractivity contribution in [2.24, 2.45) is 7.05 Å². The number of carboxylic acids is 1. The Hall–Kier alpha value is -3.42. The van der Waals surface area contributed by atoms with E-state index in [0.717, 1.165) is 28.2 Å². The lowest BCUT2D eigenvalue weighted by molar-refractivity contribution is -0.136. The maximum absolute atomic E-state index is 11.1. The van der Waals surface area contributed by atoms with Gasteiger partial charge in [0.1, 0.15) is 36.3 Å². The highest BCUT2D eigenvalue weighted by atomic mass is 35.5. The standard InChI is InChI=1S/C26H24Cl2N2O5/c1-30-23-12-17(33-2)9-10-22(23)29-25(30)15-34-18-8-6-16(7-11-26(31)32)24(13-18)35-14-19-20(27)4-3-5-21(19)28/h3-6,8-10,12-13H,7,11,14-15H2,1-2H3,(H,31,32). The summed E-state index contributed by atoms with van der Waals surface area (Å²) < 4.78 is 19.3. The van der Waals surface area contributed by atoms with E-state index in [1.54, 1.807) is 37.4 Å². The molecule has 0 saturated heterocycles. The van der Waals surface area contributed by atoms with E-state index in [0.29, 0.717) is 33.5 Å². The Morgan fingerprint density at radius 1 is 1.00 bits per heavy atom. The maximum atomic E-state index is 11.1. The number of carbonyl (C=O) groups is 1. The minimum atomic E-state index is -0.885. The van der Waals surface area contributed by atoms with Gasteiger partial charge in [0.05, 0.1) is 18.1 Å². The predicted octanol–water partition coefficient (Wildman–Crippen LogP) is 6.06. The Labute approximate surface area is 212 Å². The van der Waals surface area contributed by atoms with Gasteiger partial charge in [-0.05, 0) is 42.3 Å². The number of methoxy groups -OCH3 is 1. The van der Waals surface area contributed by atoms with Crippen molar-refractivity contribution in [2.75, 3.05) is 7.11 Å². The molecule has 7 nitrogen and oxygen atoms in total. The van der Waals surface area contributed by atoms with E-state index in [-0.39, 0.29) is 19.6 Å². The zero-order valence-electron chi connectivity index (χ0n) is 19.3. The molecule has 4 rings (SSSR count). The van der Waals surface area contributed by atoms with Gasteiger partial charge in [-0.1, -0.05) is 35.3 Å². The Morgan fingerprint density at radius 2 is 1.74 bits per heavy atom. The first-order valence-corrected chi connectivity index (χ1v) is 11.6. The molecule has 0 radical (unpaired) electrons. The Kier molecular flexibility index (Phi) is 7.68. The summed E-state index contributed by atoms with van der Waals surface area (Å²) in [5, 5.41) is 10.1. The number of rotatable bonds is 10. The Bertz CT molecular complexity index is 1350. The lowest BCUT2D eigenvalue weighted by Crippen LogP contribution is -2.05. The second-order valence-electron chi connectivity index (χ2n) is 7.88. The van der Waals surface area contributed by atoms with Crippen LogP contribution in [-0.2, 0) is 31.5 Å². The zero-order chi connectivity index (χ0) is 24.9. The fourth-order valence-electron chi connectivity index (χ4n) is 3.65. The molecule has 9 heteroatoms. The molecule has 0 spiro atoms. The quantitative estimate of drug-likeness (QED) is 0.276. The number of halogens is 2. The summed E-state index contributed by atoms with van der Waals surface area (Å²) in [6, 6.07) is 16.3. The van der Waals surface area contributed by atoms with Crippen LogP contribution in [0.15, 0.2) is 54.6 Å². The lowest BCUT2D eigenvalue weighted by Gasteiger charge is -2.15. The van der Waals surface area contributed by atoms with Crippen LogP contribution in [-0.4, -0.2) is 27.7 Å². The van der Waals surface area contributed by atoms with E-state index in [2.05, 4.69) is 4.98 Å². The van der Waals surface area contributed by atoms with Gasteiger partial charge in [0.25, 0.3) is 0 Å².